The highest BCUT2D eigenvalue weighted by molar-refractivity contribution is 6.09. The van der Waals surface area contributed by atoms with Gasteiger partial charge in [-0.05, 0) is 35.1 Å². The van der Waals surface area contributed by atoms with E-state index in [9.17, 15) is 0 Å². The Kier molecular flexibility index (Phi) is 4.69. The lowest BCUT2D eigenvalue weighted by Crippen LogP contribution is -2.09. The number of aromatic nitrogens is 5. The predicted octanol–water partition coefficient (Wildman–Crippen LogP) is 7.02. The third-order valence-corrected chi connectivity index (χ3v) is 6.43. The number of hydrogen-bond donors (Lipinski definition) is 0. The summed E-state index contributed by atoms with van der Waals surface area (Å²) < 4.78 is 8.50. The molecule has 0 atom stereocenters. The fourth-order valence-electron chi connectivity index (χ4n) is 4.82. The van der Waals surface area contributed by atoms with Gasteiger partial charge >= 0.3 is 0 Å². The van der Waals surface area contributed by atoms with Gasteiger partial charge in [-0.15, -0.1) is 10.2 Å². The maximum atomic E-state index is 6.37. The van der Waals surface area contributed by atoms with Gasteiger partial charge in [0.25, 0.3) is 0 Å². The summed E-state index contributed by atoms with van der Waals surface area (Å²) in [6.07, 6.45) is 1.45. The van der Waals surface area contributed by atoms with Gasteiger partial charge in [-0.1, -0.05) is 76.2 Å². The smallest absolute Gasteiger partial charge is 0.206 e. The van der Waals surface area contributed by atoms with Crippen LogP contribution >= 0.6 is 0 Å². The Bertz CT molecular complexity index is 1650. The van der Waals surface area contributed by atoms with Crippen LogP contribution in [-0.2, 0) is 0 Å². The largest absolute Gasteiger partial charge is 0.455 e. The summed E-state index contributed by atoms with van der Waals surface area (Å²) in [6.45, 7) is 8.86. The Hall–Kier alpha value is -4.06. The van der Waals surface area contributed by atoms with Crippen LogP contribution < -0.4 is 0 Å². The molecule has 0 fully saturated rings. The second-order valence-corrected chi connectivity index (χ2v) is 9.25. The highest BCUT2D eigenvalue weighted by atomic mass is 16.3. The molecule has 0 saturated heterocycles. The Labute approximate surface area is 197 Å². The zero-order valence-electron chi connectivity index (χ0n) is 19.6. The zero-order valence-corrected chi connectivity index (χ0v) is 19.6. The third-order valence-electron chi connectivity index (χ3n) is 6.43. The summed E-state index contributed by atoms with van der Waals surface area (Å²) in [4.78, 5) is 9.42. The molecule has 3 heterocycles. The summed E-state index contributed by atoms with van der Waals surface area (Å²) in [7, 11) is 0. The SMILES string of the molecule is CC(C)c1cccc(C(C)C)c1-n1c(-c2cccc3c2oc2ccccc23)nc2ncnnc21. The van der Waals surface area contributed by atoms with Crippen molar-refractivity contribution in [1.29, 1.82) is 0 Å². The van der Waals surface area contributed by atoms with Crippen molar-refractivity contribution in [3.05, 3.63) is 78.1 Å². The first-order chi connectivity index (χ1) is 16.5. The molecular formula is C28H25N5O. The molecule has 0 bridgehead atoms. The Balaban J connectivity index is 1.77. The molecule has 3 aromatic heterocycles. The van der Waals surface area contributed by atoms with Crippen LogP contribution in [0, 0.1) is 0 Å². The minimum absolute atomic E-state index is 0.311. The van der Waals surface area contributed by atoms with E-state index in [1.807, 2.05) is 18.2 Å². The first-order valence-corrected chi connectivity index (χ1v) is 11.6. The van der Waals surface area contributed by atoms with E-state index >= 15 is 0 Å². The monoisotopic (exact) mass is 447 g/mol. The number of para-hydroxylation sites is 3. The van der Waals surface area contributed by atoms with Gasteiger partial charge in [-0.25, -0.2) is 9.97 Å². The standard InChI is InChI=1S/C28H25N5O/c1-16(2)18-10-7-11-19(17(3)4)24(18)33-27(31-26-28(33)32-30-15-29-26)22-13-8-12-21-20-9-5-6-14-23(20)34-25(21)22/h5-17H,1-4H3. The number of furan rings is 1. The molecule has 0 saturated carbocycles. The summed E-state index contributed by atoms with van der Waals surface area (Å²) >= 11 is 0. The number of imidazole rings is 1. The van der Waals surface area contributed by atoms with Gasteiger partial charge in [0.2, 0.25) is 11.3 Å². The van der Waals surface area contributed by atoms with Gasteiger partial charge in [0.1, 0.15) is 17.5 Å². The van der Waals surface area contributed by atoms with Crippen molar-refractivity contribution in [1.82, 2.24) is 24.7 Å². The van der Waals surface area contributed by atoms with Crippen molar-refractivity contribution in [3.63, 3.8) is 0 Å². The lowest BCUT2D eigenvalue weighted by Gasteiger charge is -2.22. The maximum absolute atomic E-state index is 6.37. The van der Waals surface area contributed by atoms with Crippen LogP contribution in [0.25, 0.3) is 50.3 Å². The molecule has 34 heavy (non-hydrogen) atoms. The minimum Gasteiger partial charge on any atom is -0.455 e. The van der Waals surface area contributed by atoms with Crippen LogP contribution in [0.2, 0.25) is 0 Å². The van der Waals surface area contributed by atoms with E-state index in [0.717, 1.165) is 39.0 Å². The normalized spacial score (nSPS) is 12.1. The van der Waals surface area contributed by atoms with Gasteiger partial charge in [-0.2, -0.15) is 0 Å². The average molecular weight is 448 g/mol. The van der Waals surface area contributed by atoms with E-state index in [1.54, 1.807) is 0 Å². The van der Waals surface area contributed by atoms with E-state index in [-0.39, 0.29) is 0 Å². The first kappa shape index (κ1) is 20.5. The van der Waals surface area contributed by atoms with Crippen LogP contribution in [0.5, 0.6) is 0 Å². The van der Waals surface area contributed by atoms with Crippen LogP contribution in [0.3, 0.4) is 0 Å². The maximum Gasteiger partial charge on any atom is 0.206 e. The summed E-state index contributed by atoms with van der Waals surface area (Å²) in [5.41, 5.74) is 7.33. The summed E-state index contributed by atoms with van der Waals surface area (Å²) in [5, 5.41) is 10.7. The van der Waals surface area contributed by atoms with E-state index in [4.69, 9.17) is 9.40 Å². The number of fused-ring (bicyclic) bond motifs is 4. The molecule has 0 amide bonds. The second kappa shape index (κ2) is 7.76. The zero-order chi connectivity index (χ0) is 23.4. The molecule has 0 radical (unpaired) electrons. The lowest BCUT2D eigenvalue weighted by molar-refractivity contribution is 0.669. The quantitative estimate of drug-likeness (QED) is 0.290. The fraction of sp³-hybridized carbons (Fsp3) is 0.214. The van der Waals surface area contributed by atoms with Gasteiger partial charge < -0.3 is 4.42 Å². The van der Waals surface area contributed by atoms with Crippen molar-refractivity contribution >= 4 is 33.2 Å². The Morgan fingerprint density at radius 1 is 0.794 bits per heavy atom. The van der Waals surface area contributed by atoms with Crippen LogP contribution in [-0.4, -0.2) is 24.7 Å². The first-order valence-electron chi connectivity index (χ1n) is 11.6. The predicted molar refractivity (Wildman–Crippen MR) is 135 cm³/mol. The fourth-order valence-corrected chi connectivity index (χ4v) is 4.82. The van der Waals surface area contributed by atoms with Crippen molar-refractivity contribution < 1.29 is 4.42 Å². The molecule has 168 valence electrons. The highest BCUT2D eigenvalue weighted by Crippen LogP contribution is 2.40. The molecule has 0 spiro atoms. The molecule has 0 unspecified atom stereocenters. The Morgan fingerprint density at radius 3 is 2.26 bits per heavy atom. The van der Waals surface area contributed by atoms with Crippen molar-refractivity contribution in [2.75, 3.05) is 0 Å². The van der Waals surface area contributed by atoms with Gasteiger partial charge in [0, 0.05) is 10.8 Å². The minimum atomic E-state index is 0.311. The number of rotatable bonds is 4. The molecule has 3 aromatic carbocycles. The van der Waals surface area contributed by atoms with E-state index in [0.29, 0.717) is 23.1 Å². The Morgan fingerprint density at radius 2 is 1.50 bits per heavy atom. The molecule has 0 N–H and O–H groups in total. The van der Waals surface area contributed by atoms with E-state index < -0.39 is 0 Å². The summed E-state index contributed by atoms with van der Waals surface area (Å²) in [5.74, 6) is 1.37. The van der Waals surface area contributed by atoms with Crippen LogP contribution in [0.1, 0.15) is 50.7 Å². The third kappa shape index (κ3) is 3.02. The molecule has 0 aliphatic heterocycles. The molecule has 0 aliphatic rings. The molecule has 6 rings (SSSR count). The summed E-state index contributed by atoms with van der Waals surface area (Å²) in [6, 6.07) is 20.8. The van der Waals surface area contributed by atoms with Crippen LogP contribution in [0.15, 0.2) is 71.4 Å². The molecular weight excluding hydrogens is 422 g/mol. The van der Waals surface area contributed by atoms with Crippen LogP contribution in [0.4, 0.5) is 0 Å². The number of hydrogen-bond acceptors (Lipinski definition) is 5. The average Bonchev–Trinajstić information content (AvgIpc) is 3.42. The highest BCUT2D eigenvalue weighted by Gasteiger charge is 2.25. The molecule has 6 nitrogen and oxygen atoms in total. The van der Waals surface area contributed by atoms with Gasteiger partial charge in [-0.3, -0.25) is 4.57 Å². The molecule has 0 aliphatic carbocycles. The van der Waals surface area contributed by atoms with Crippen molar-refractivity contribution in [2.24, 2.45) is 0 Å². The van der Waals surface area contributed by atoms with E-state index in [2.05, 4.69) is 89.9 Å². The van der Waals surface area contributed by atoms with Crippen molar-refractivity contribution in [2.45, 2.75) is 39.5 Å². The molecule has 6 aromatic rings. The second-order valence-electron chi connectivity index (χ2n) is 9.25. The number of benzene rings is 3. The number of nitrogens with zero attached hydrogens (tertiary/aromatic N) is 5. The van der Waals surface area contributed by atoms with Gasteiger partial charge in [0.15, 0.2) is 5.82 Å². The topological polar surface area (TPSA) is 69.6 Å². The van der Waals surface area contributed by atoms with Gasteiger partial charge in [0.05, 0.1) is 11.3 Å². The molecule has 6 heteroatoms. The lowest BCUT2D eigenvalue weighted by atomic mass is 9.92. The van der Waals surface area contributed by atoms with Crippen molar-refractivity contribution in [3.8, 4) is 17.1 Å². The van der Waals surface area contributed by atoms with E-state index in [1.165, 1.54) is 17.5 Å².